The minimum atomic E-state index is -0.719. The molecule has 2 heterocycles. The molecule has 10 heteroatoms. The normalized spacial score (nSPS) is 14.9. The van der Waals surface area contributed by atoms with E-state index in [0.717, 1.165) is 36.1 Å². The van der Waals surface area contributed by atoms with Gasteiger partial charge < -0.3 is 23.7 Å². The first-order chi connectivity index (χ1) is 19.9. The van der Waals surface area contributed by atoms with E-state index in [-0.39, 0.29) is 18.8 Å². The lowest BCUT2D eigenvalue weighted by Gasteiger charge is -2.25. The van der Waals surface area contributed by atoms with Crippen molar-refractivity contribution in [1.29, 1.82) is 0 Å². The second kappa shape index (κ2) is 14.1. The number of allylic oxidation sites excluding steroid dienone is 1. The maximum Gasteiger partial charge on any atom is 0.338 e. The van der Waals surface area contributed by atoms with Crippen molar-refractivity contribution in [3.05, 3.63) is 84.5 Å². The van der Waals surface area contributed by atoms with E-state index in [9.17, 15) is 9.59 Å². The number of aromatic nitrogens is 1. The lowest BCUT2D eigenvalue weighted by molar-refractivity contribution is -0.140. The monoisotopic (exact) mass is 580 g/mol. The third-order valence-corrected chi connectivity index (χ3v) is 7.66. The van der Waals surface area contributed by atoms with Gasteiger partial charge in [0.2, 0.25) is 0 Å². The number of carbonyl (C=O) groups excluding carboxylic acids is 1. The van der Waals surface area contributed by atoms with Gasteiger partial charge in [0.1, 0.15) is 12.4 Å². The van der Waals surface area contributed by atoms with E-state index in [0.29, 0.717) is 38.7 Å². The first kappa shape index (κ1) is 30.1. The van der Waals surface area contributed by atoms with Gasteiger partial charge in [0.05, 0.1) is 49.3 Å². The number of esters is 1. The number of nitrogens with zero attached hydrogens (tertiary/aromatic N) is 2. The van der Waals surface area contributed by atoms with Crippen molar-refractivity contribution < 1.29 is 28.5 Å². The Labute approximate surface area is 243 Å². The molecule has 1 aliphatic rings. The average molecular weight is 581 g/mol. The van der Waals surface area contributed by atoms with Crippen LogP contribution in [-0.2, 0) is 14.3 Å². The average Bonchev–Trinajstić information content (AvgIpc) is 3.28. The molecule has 0 fully saturated rings. The van der Waals surface area contributed by atoms with Gasteiger partial charge in [-0.2, -0.15) is 0 Å². The lowest BCUT2D eigenvalue weighted by Crippen LogP contribution is -2.40. The van der Waals surface area contributed by atoms with Gasteiger partial charge in [0.15, 0.2) is 16.3 Å². The zero-order valence-corrected chi connectivity index (χ0v) is 24.9. The molecule has 3 aromatic rings. The highest BCUT2D eigenvalue weighted by Gasteiger charge is 2.33. The first-order valence-corrected chi connectivity index (χ1v) is 14.4. The number of fused-ring (bicyclic) bond motifs is 1. The Balaban J connectivity index is 1.78. The summed E-state index contributed by atoms with van der Waals surface area (Å²) in [6.07, 6.45) is 4.99. The highest BCUT2D eigenvalue weighted by Crippen LogP contribution is 2.32. The van der Waals surface area contributed by atoms with Crippen LogP contribution in [0.5, 0.6) is 17.2 Å². The predicted octanol–water partition coefficient (Wildman–Crippen LogP) is 4.01. The standard InChI is InChI=1S/C31H36N2O7S/c1-6-7-8-15-39-23-12-10-22(11-13-23)28-27(30(35)40-17-16-36-3)20(2)32-31-33(28)29(34)26(41-31)19-21-9-14-24(37-4)25(18-21)38-5/h9-14,18-19,28H,6-8,15-17H2,1-5H3. The highest BCUT2D eigenvalue weighted by atomic mass is 32.1. The molecule has 0 saturated heterocycles. The Morgan fingerprint density at radius 2 is 1.76 bits per heavy atom. The summed E-state index contributed by atoms with van der Waals surface area (Å²) in [5.41, 5.74) is 2.06. The lowest BCUT2D eigenvalue weighted by atomic mass is 9.96. The number of hydrogen-bond donors (Lipinski definition) is 0. The van der Waals surface area contributed by atoms with Crippen molar-refractivity contribution in [2.24, 2.45) is 4.99 Å². The molecule has 0 amide bonds. The van der Waals surface area contributed by atoms with Crippen molar-refractivity contribution in [3.63, 3.8) is 0 Å². The molecule has 0 saturated carbocycles. The van der Waals surface area contributed by atoms with Gasteiger partial charge in [-0.25, -0.2) is 9.79 Å². The Hall–Kier alpha value is -3.89. The highest BCUT2D eigenvalue weighted by molar-refractivity contribution is 7.07. The second-order valence-electron chi connectivity index (χ2n) is 9.45. The molecular weight excluding hydrogens is 544 g/mol. The fraction of sp³-hybridized carbons (Fsp3) is 0.387. The van der Waals surface area contributed by atoms with Gasteiger partial charge in [-0.3, -0.25) is 9.36 Å². The van der Waals surface area contributed by atoms with Crippen molar-refractivity contribution in [1.82, 2.24) is 4.57 Å². The van der Waals surface area contributed by atoms with Crippen LogP contribution in [0.4, 0.5) is 0 Å². The molecule has 2 aromatic carbocycles. The molecule has 1 aliphatic heterocycles. The minimum Gasteiger partial charge on any atom is -0.494 e. The number of unbranched alkanes of at least 4 members (excludes halogenated alkanes) is 2. The van der Waals surface area contributed by atoms with Gasteiger partial charge in [-0.05, 0) is 54.8 Å². The number of thiazole rings is 1. The van der Waals surface area contributed by atoms with Crippen LogP contribution in [0.1, 0.15) is 50.3 Å². The van der Waals surface area contributed by atoms with Crippen LogP contribution in [0.25, 0.3) is 6.08 Å². The summed E-state index contributed by atoms with van der Waals surface area (Å²) in [5, 5.41) is 0. The van der Waals surface area contributed by atoms with Crippen LogP contribution in [0, 0.1) is 0 Å². The zero-order chi connectivity index (χ0) is 29.4. The van der Waals surface area contributed by atoms with Crippen LogP contribution >= 0.6 is 11.3 Å². The summed E-state index contributed by atoms with van der Waals surface area (Å²) in [6.45, 7) is 4.90. The van der Waals surface area contributed by atoms with Gasteiger partial charge >= 0.3 is 5.97 Å². The molecule has 9 nitrogen and oxygen atoms in total. The number of benzene rings is 2. The van der Waals surface area contributed by atoms with E-state index in [1.165, 1.54) is 18.4 Å². The molecule has 41 heavy (non-hydrogen) atoms. The number of rotatable bonds is 13. The fourth-order valence-electron chi connectivity index (χ4n) is 4.58. The topological polar surface area (TPSA) is 97.6 Å². The molecule has 1 unspecified atom stereocenters. The van der Waals surface area contributed by atoms with E-state index >= 15 is 0 Å². The smallest absolute Gasteiger partial charge is 0.338 e. The van der Waals surface area contributed by atoms with Crippen LogP contribution in [-0.4, -0.2) is 51.7 Å². The summed E-state index contributed by atoms with van der Waals surface area (Å²) < 4.78 is 29.2. The number of ether oxygens (including phenoxy) is 5. The molecule has 4 rings (SSSR count). The van der Waals surface area contributed by atoms with E-state index < -0.39 is 12.0 Å². The predicted molar refractivity (Wildman–Crippen MR) is 158 cm³/mol. The maximum atomic E-state index is 13.9. The van der Waals surface area contributed by atoms with E-state index in [1.54, 1.807) is 43.9 Å². The Kier molecular flexibility index (Phi) is 10.4. The van der Waals surface area contributed by atoms with Crippen LogP contribution in [0.15, 0.2) is 63.5 Å². The molecule has 1 aromatic heterocycles. The van der Waals surface area contributed by atoms with Crippen LogP contribution in [0.2, 0.25) is 0 Å². The van der Waals surface area contributed by atoms with Crippen molar-refractivity contribution in [3.8, 4) is 17.2 Å². The number of hydrogen-bond acceptors (Lipinski definition) is 9. The fourth-order valence-corrected chi connectivity index (χ4v) is 5.62. The third-order valence-electron chi connectivity index (χ3n) is 6.68. The summed E-state index contributed by atoms with van der Waals surface area (Å²) in [5.74, 6) is 1.34. The van der Waals surface area contributed by atoms with E-state index in [4.69, 9.17) is 23.7 Å². The van der Waals surface area contributed by atoms with Crippen LogP contribution < -0.4 is 29.1 Å². The summed E-state index contributed by atoms with van der Waals surface area (Å²) in [7, 11) is 4.67. The third kappa shape index (κ3) is 6.89. The van der Waals surface area contributed by atoms with Gasteiger partial charge in [-0.15, -0.1) is 0 Å². The number of methoxy groups -OCH3 is 3. The summed E-state index contributed by atoms with van der Waals surface area (Å²) in [4.78, 5) is 32.4. The van der Waals surface area contributed by atoms with Crippen LogP contribution in [0.3, 0.4) is 0 Å². The molecule has 0 bridgehead atoms. The Bertz CT molecular complexity index is 1570. The van der Waals surface area contributed by atoms with Crippen molar-refractivity contribution in [2.45, 2.75) is 39.2 Å². The maximum absolute atomic E-state index is 13.9. The Morgan fingerprint density at radius 3 is 2.44 bits per heavy atom. The molecular formula is C31H36N2O7S. The molecule has 218 valence electrons. The quantitative estimate of drug-likeness (QED) is 0.223. The van der Waals surface area contributed by atoms with Gasteiger partial charge in [-0.1, -0.05) is 49.3 Å². The molecule has 0 aliphatic carbocycles. The summed E-state index contributed by atoms with van der Waals surface area (Å²) >= 11 is 1.26. The van der Waals surface area contributed by atoms with E-state index in [1.807, 2.05) is 30.3 Å². The SMILES string of the molecule is CCCCCOc1ccc(C2C(C(=O)OCCOC)=C(C)N=c3sc(=Cc4ccc(OC)c(OC)c4)c(=O)n32)cc1. The van der Waals surface area contributed by atoms with E-state index in [2.05, 4.69) is 11.9 Å². The first-order valence-electron chi connectivity index (χ1n) is 13.5. The molecule has 1 atom stereocenters. The molecule has 0 N–H and O–H groups in total. The Morgan fingerprint density at radius 1 is 1.00 bits per heavy atom. The van der Waals surface area contributed by atoms with Gasteiger partial charge in [0.25, 0.3) is 5.56 Å². The second-order valence-corrected chi connectivity index (χ2v) is 10.5. The molecule has 0 radical (unpaired) electrons. The summed E-state index contributed by atoms with van der Waals surface area (Å²) in [6, 6.07) is 12.2. The number of carbonyl (C=O) groups is 1. The van der Waals surface area contributed by atoms with Gasteiger partial charge in [0, 0.05) is 7.11 Å². The van der Waals surface area contributed by atoms with Crippen molar-refractivity contribution in [2.75, 3.05) is 41.2 Å². The largest absolute Gasteiger partial charge is 0.494 e. The zero-order valence-electron chi connectivity index (χ0n) is 24.1. The molecule has 0 spiro atoms. The minimum absolute atomic E-state index is 0.0904. The van der Waals surface area contributed by atoms with Crippen molar-refractivity contribution >= 4 is 23.4 Å².